The molecule has 0 saturated heterocycles. The van der Waals surface area contributed by atoms with Gasteiger partial charge in [0.2, 0.25) is 5.89 Å². The Balaban J connectivity index is 1.87. The van der Waals surface area contributed by atoms with Gasteiger partial charge in [0.1, 0.15) is 12.1 Å². The fourth-order valence-corrected chi connectivity index (χ4v) is 2.55. The Hall–Kier alpha value is -3.10. The van der Waals surface area contributed by atoms with E-state index in [9.17, 15) is 19.7 Å². The molecule has 2 amide bonds. The summed E-state index contributed by atoms with van der Waals surface area (Å²) in [4.78, 5) is 40.2. The largest absolute Gasteiger partial charge is 0.337 e. The lowest BCUT2D eigenvalue weighted by molar-refractivity contribution is -0.385. The molecule has 124 valence electrons. The van der Waals surface area contributed by atoms with E-state index in [0.29, 0.717) is 18.2 Å². The Morgan fingerprint density at radius 3 is 2.71 bits per heavy atom. The predicted molar refractivity (Wildman–Crippen MR) is 80.1 cm³/mol. The Kier molecular flexibility index (Phi) is 3.84. The average Bonchev–Trinajstić information content (AvgIpc) is 3.05. The van der Waals surface area contributed by atoms with Crippen LogP contribution >= 0.6 is 0 Å². The quantitative estimate of drug-likeness (QED) is 0.467. The van der Waals surface area contributed by atoms with Gasteiger partial charge in [0.25, 0.3) is 17.5 Å². The first-order valence-electron chi connectivity index (χ1n) is 7.33. The van der Waals surface area contributed by atoms with Crippen LogP contribution in [0.3, 0.4) is 0 Å². The van der Waals surface area contributed by atoms with Crippen LogP contribution in [0.4, 0.5) is 5.69 Å². The number of imide groups is 1. The zero-order chi connectivity index (χ0) is 17.4. The summed E-state index contributed by atoms with van der Waals surface area (Å²) in [6.07, 6.45) is 0.608. The average molecular weight is 330 g/mol. The molecule has 1 aromatic carbocycles. The van der Waals surface area contributed by atoms with Gasteiger partial charge in [0.15, 0.2) is 5.82 Å². The molecule has 0 saturated carbocycles. The summed E-state index contributed by atoms with van der Waals surface area (Å²) < 4.78 is 5.06. The third-order valence-electron chi connectivity index (χ3n) is 3.57. The van der Waals surface area contributed by atoms with Gasteiger partial charge in [-0.15, -0.1) is 0 Å². The molecule has 1 aliphatic rings. The number of carbonyl (C=O) groups excluding carboxylic acids is 2. The second kappa shape index (κ2) is 5.84. The van der Waals surface area contributed by atoms with Crippen LogP contribution in [0.1, 0.15) is 46.3 Å². The van der Waals surface area contributed by atoms with E-state index in [-0.39, 0.29) is 29.2 Å². The van der Waals surface area contributed by atoms with Gasteiger partial charge in [-0.05, 0) is 12.0 Å². The minimum atomic E-state index is -0.731. The topological polar surface area (TPSA) is 119 Å². The number of rotatable bonds is 5. The fourth-order valence-electron chi connectivity index (χ4n) is 2.55. The van der Waals surface area contributed by atoms with E-state index in [4.69, 9.17) is 4.52 Å². The molecule has 0 unspecified atom stereocenters. The summed E-state index contributed by atoms with van der Waals surface area (Å²) in [5.41, 5.74) is -0.579. The van der Waals surface area contributed by atoms with Crippen molar-refractivity contribution in [1.82, 2.24) is 15.0 Å². The molecule has 0 aliphatic carbocycles. The monoisotopic (exact) mass is 330 g/mol. The lowest BCUT2D eigenvalue weighted by Crippen LogP contribution is -2.29. The van der Waals surface area contributed by atoms with Crippen molar-refractivity contribution in [2.24, 2.45) is 5.92 Å². The molecule has 0 atom stereocenters. The fraction of sp³-hybridized carbons (Fsp3) is 0.333. The molecular weight excluding hydrogens is 316 g/mol. The third-order valence-corrected chi connectivity index (χ3v) is 3.57. The lowest BCUT2D eigenvalue weighted by Gasteiger charge is -2.09. The zero-order valence-electron chi connectivity index (χ0n) is 13.1. The first-order valence-corrected chi connectivity index (χ1v) is 7.33. The Bertz CT molecular complexity index is 842. The minimum Gasteiger partial charge on any atom is -0.337 e. The zero-order valence-corrected chi connectivity index (χ0v) is 13.1. The molecule has 1 aliphatic heterocycles. The van der Waals surface area contributed by atoms with Crippen LogP contribution in [0.25, 0.3) is 0 Å². The van der Waals surface area contributed by atoms with Crippen molar-refractivity contribution in [1.29, 1.82) is 0 Å². The van der Waals surface area contributed by atoms with Crippen molar-refractivity contribution in [2.45, 2.75) is 26.8 Å². The van der Waals surface area contributed by atoms with Crippen molar-refractivity contribution in [2.75, 3.05) is 0 Å². The highest BCUT2D eigenvalue weighted by atomic mass is 16.6. The van der Waals surface area contributed by atoms with Crippen molar-refractivity contribution in [3.63, 3.8) is 0 Å². The van der Waals surface area contributed by atoms with E-state index in [2.05, 4.69) is 10.1 Å². The number of amides is 2. The van der Waals surface area contributed by atoms with Gasteiger partial charge in [-0.2, -0.15) is 4.98 Å². The number of nitrogens with zero attached hydrogens (tertiary/aromatic N) is 4. The van der Waals surface area contributed by atoms with E-state index >= 15 is 0 Å². The van der Waals surface area contributed by atoms with Crippen LogP contribution in [0.5, 0.6) is 0 Å². The predicted octanol–water partition coefficient (Wildman–Crippen LogP) is 1.97. The van der Waals surface area contributed by atoms with E-state index < -0.39 is 16.7 Å². The molecule has 0 spiro atoms. The molecule has 2 heterocycles. The highest BCUT2D eigenvalue weighted by Crippen LogP contribution is 2.31. The Morgan fingerprint density at radius 1 is 1.29 bits per heavy atom. The number of aromatic nitrogens is 2. The molecule has 0 radical (unpaired) electrons. The maximum Gasteiger partial charge on any atom is 0.282 e. The molecule has 1 aromatic heterocycles. The van der Waals surface area contributed by atoms with Gasteiger partial charge in [-0.3, -0.25) is 24.6 Å². The molecule has 9 heteroatoms. The molecular formula is C15H14N4O5. The number of carbonyl (C=O) groups is 2. The molecule has 24 heavy (non-hydrogen) atoms. The molecule has 0 fully saturated rings. The van der Waals surface area contributed by atoms with Crippen LogP contribution in [0.2, 0.25) is 0 Å². The SMILES string of the molecule is CC(C)Cc1noc(CN2C(=O)c3cccc([N+](=O)[O-])c3C2=O)n1. The normalized spacial score (nSPS) is 13.7. The summed E-state index contributed by atoms with van der Waals surface area (Å²) >= 11 is 0. The van der Waals surface area contributed by atoms with E-state index in [1.165, 1.54) is 18.2 Å². The van der Waals surface area contributed by atoms with Crippen LogP contribution < -0.4 is 0 Å². The highest BCUT2D eigenvalue weighted by Gasteiger charge is 2.41. The maximum absolute atomic E-state index is 12.4. The smallest absolute Gasteiger partial charge is 0.282 e. The van der Waals surface area contributed by atoms with Crippen molar-refractivity contribution < 1.29 is 19.0 Å². The van der Waals surface area contributed by atoms with Crippen LogP contribution in [-0.4, -0.2) is 31.8 Å². The van der Waals surface area contributed by atoms with E-state index in [1.54, 1.807) is 0 Å². The second-order valence-corrected chi connectivity index (χ2v) is 5.86. The Morgan fingerprint density at radius 2 is 2.04 bits per heavy atom. The summed E-state index contributed by atoms with van der Waals surface area (Å²) in [7, 11) is 0. The minimum absolute atomic E-state index is 0.0103. The number of hydrogen-bond acceptors (Lipinski definition) is 7. The molecule has 0 bridgehead atoms. The number of benzene rings is 1. The molecule has 3 rings (SSSR count). The number of hydrogen-bond donors (Lipinski definition) is 0. The summed E-state index contributed by atoms with van der Waals surface area (Å²) in [6, 6.07) is 3.96. The second-order valence-electron chi connectivity index (χ2n) is 5.86. The van der Waals surface area contributed by atoms with Gasteiger partial charge in [0.05, 0.1) is 10.5 Å². The molecule has 9 nitrogen and oxygen atoms in total. The van der Waals surface area contributed by atoms with Crippen LogP contribution in [-0.2, 0) is 13.0 Å². The van der Waals surface area contributed by atoms with Crippen molar-refractivity contribution in [3.05, 3.63) is 51.2 Å². The van der Waals surface area contributed by atoms with Crippen LogP contribution in [0, 0.1) is 16.0 Å². The summed E-state index contributed by atoms with van der Waals surface area (Å²) in [6.45, 7) is 3.78. The van der Waals surface area contributed by atoms with Crippen LogP contribution in [0.15, 0.2) is 22.7 Å². The lowest BCUT2D eigenvalue weighted by atomic mass is 10.1. The van der Waals surface area contributed by atoms with Crippen molar-refractivity contribution >= 4 is 17.5 Å². The van der Waals surface area contributed by atoms with Crippen molar-refractivity contribution in [3.8, 4) is 0 Å². The van der Waals surface area contributed by atoms with Gasteiger partial charge in [0, 0.05) is 12.5 Å². The van der Waals surface area contributed by atoms with Gasteiger partial charge >= 0.3 is 0 Å². The van der Waals surface area contributed by atoms with E-state index in [0.717, 1.165) is 4.90 Å². The first kappa shape index (κ1) is 15.8. The summed E-state index contributed by atoms with van der Waals surface area (Å²) in [5.74, 6) is -0.406. The van der Waals surface area contributed by atoms with Gasteiger partial charge in [-0.1, -0.05) is 25.1 Å². The maximum atomic E-state index is 12.4. The standard InChI is InChI=1S/C15H14N4O5/c1-8(2)6-11-16-12(24-17-11)7-18-14(20)9-4-3-5-10(19(22)23)13(9)15(18)21/h3-5,8H,6-7H2,1-2H3. The summed E-state index contributed by atoms with van der Waals surface area (Å²) in [5, 5.41) is 14.9. The van der Waals surface area contributed by atoms with Gasteiger partial charge < -0.3 is 4.52 Å². The first-order chi connectivity index (χ1) is 11.4. The number of fused-ring (bicyclic) bond motifs is 1. The molecule has 0 N–H and O–H groups in total. The highest BCUT2D eigenvalue weighted by molar-refractivity contribution is 6.23. The molecule has 2 aromatic rings. The van der Waals surface area contributed by atoms with Gasteiger partial charge in [-0.25, -0.2) is 0 Å². The number of nitro benzene ring substituents is 1. The Labute approximate surface area is 136 Å². The van der Waals surface area contributed by atoms with E-state index in [1.807, 2.05) is 13.8 Å². The number of nitro groups is 1. The third kappa shape index (κ3) is 2.64.